The lowest BCUT2D eigenvalue weighted by molar-refractivity contribution is -0.130. The largest absolute Gasteiger partial charge is 0.508 e. The van der Waals surface area contributed by atoms with Gasteiger partial charge in [-0.25, -0.2) is 10.9 Å². The number of benzene rings is 2. The Morgan fingerprint density at radius 2 is 1.87 bits per heavy atom. The topological polar surface area (TPSA) is 73.8 Å². The van der Waals surface area contributed by atoms with Gasteiger partial charge in [-0.2, -0.15) is 0 Å². The van der Waals surface area contributed by atoms with Crippen LogP contribution in [0.3, 0.4) is 0 Å². The third-order valence-electron chi connectivity index (χ3n) is 6.09. The van der Waals surface area contributed by atoms with E-state index in [1.165, 1.54) is 0 Å². The smallest absolute Gasteiger partial charge is 0.242 e. The molecule has 2 fully saturated rings. The second-order valence-corrected chi connectivity index (χ2v) is 8.06. The van der Waals surface area contributed by atoms with Crippen LogP contribution < -0.4 is 15.6 Å². The lowest BCUT2D eigenvalue weighted by Gasteiger charge is -2.31. The molecule has 0 aromatic heterocycles. The number of phenols is 1. The van der Waals surface area contributed by atoms with Gasteiger partial charge in [0.1, 0.15) is 17.5 Å². The molecule has 0 spiro atoms. The van der Waals surface area contributed by atoms with Gasteiger partial charge in [-0.3, -0.25) is 4.79 Å². The van der Waals surface area contributed by atoms with Crippen molar-refractivity contribution >= 4 is 5.91 Å². The van der Waals surface area contributed by atoms with Crippen LogP contribution in [0.1, 0.15) is 41.3 Å². The fraction of sp³-hybridized carbons (Fsp3) is 0.375. The van der Waals surface area contributed by atoms with Gasteiger partial charge in [-0.15, -0.1) is 6.58 Å². The van der Waals surface area contributed by atoms with E-state index in [-0.39, 0.29) is 35.7 Å². The van der Waals surface area contributed by atoms with Crippen molar-refractivity contribution in [1.29, 1.82) is 0 Å². The number of carbonyl (C=O) groups is 1. The second-order valence-electron chi connectivity index (χ2n) is 8.06. The molecule has 4 rings (SSSR count). The number of fused-ring (bicyclic) bond motifs is 1. The Kier molecular flexibility index (Phi) is 5.54. The van der Waals surface area contributed by atoms with E-state index >= 15 is 0 Å². The molecule has 1 amide bonds. The molecule has 0 saturated carbocycles. The molecular weight excluding hydrogens is 378 g/mol. The van der Waals surface area contributed by atoms with Gasteiger partial charge in [0.25, 0.3) is 0 Å². The standard InChI is InChI=1S/C24H29N3O3/c1-5-11-27-23(16-7-9-17(10-8-16)30-6-2)20-21(25-26-22(20)24(27)29)19-15(4)12-14(3)13-18(19)28/h5,7-10,12-13,20-23,25-26,28H,1,6,11H2,2-4H3. The highest BCUT2D eigenvalue weighted by Crippen LogP contribution is 2.49. The van der Waals surface area contributed by atoms with Crippen LogP contribution in [0.25, 0.3) is 0 Å². The normalized spacial score (nSPS) is 25.4. The fourth-order valence-electron chi connectivity index (χ4n) is 4.98. The fourth-order valence-corrected chi connectivity index (χ4v) is 4.98. The monoisotopic (exact) mass is 407 g/mol. The van der Waals surface area contributed by atoms with E-state index in [1.54, 1.807) is 12.1 Å². The number of nitrogens with one attached hydrogen (secondary N) is 2. The van der Waals surface area contributed by atoms with Crippen LogP contribution in [0.15, 0.2) is 49.1 Å². The predicted octanol–water partition coefficient (Wildman–Crippen LogP) is 3.31. The van der Waals surface area contributed by atoms with Crippen LogP contribution in [0, 0.1) is 19.8 Å². The van der Waals surface area contributed by atoms with Crippen molar-refractivity contribution < 1.29 is 14.6 Å². The van der Waals surface area contributed by atoms with Crippen molar-refractivity contribution in [2.75, 3.05) is 13.2 Å². The Balaban J connectivity index is 1.77. The van der Waals surface area contributed by atoms with Gasteiger partial charge in [-0.1, -0.05) is 24.3 Å². The van der Waals surface area contributed by atoms with E-state index < -0.39 is 0 Å². The number of aryl methyl sites for hydroxylation is 2. The van der Waals surface area contributed by atoms with Gasteiger partial charge in [0.05, 0.1) is 18.7 Å². The third-order valence-corrected chi connectivity index (χ3v) is 6.09. The van der Waals surface area contributed by atoms with E-state index in [0.717, 1.165) is 28.0 Å². The van der Waals surface area contributed by atoms with Gasteiger partial charge in [0, 0.05) is 18.0 Å². The summed E-state index contributed by atoms with van der Waals surface area (Å²) >= 11 is 0. The summed E-state index contributed by atoms with van der Waals surface area (Å²) in [6.07, 6.45) is 1.76. The predicted molar refractivity (Wildman–Crippen MR) is 116 cm³/mol. The molecule has 2 aliphatic heterocycles. The molecule has 2 aromatic carbocycles. The average Bonchev–Trinajstić information content (AvgIpc) is 3.23. The number of hydrogen-bond donors (Lipinski definition) is 3. The van der Waals surface area contributed by atoms with Crippen LogP contribution in [0.5, 0.6) is 11.5 Å². The molecule has 0 radical (unpaired) electrons. The number of hydrazine groups is 1. The Morgan fingerprint density at radius 1 is 1.17 bits per heavy atom. The first kappa shape index (κ1) is 20.4. The van der Waals surface area contributed by atoms with Gasteiger partial charge >= 0.3 is 0 Å². The number of hydrogen-bond acceptors (Lipinski definition) is 5. The first-order chi connectivity index (χ1) is 14.5. The van der Waals surface area contributed by atoms with Crippen LogP contribution in [0.4, 0.5) is 0 Å². The summed E-state index contributed by atoms with van der Waals surface area (Å²) in [5, 5.41) is 10.7. The maximum atomic E-state index is 13.2. The molecule has 6 nitrogen and oxygen atoms in total. The SMILES string of the molecule is C=CCN1C(=O)C2NNC(c3c(C)cc(C)cc3O)C2C1c1ccc(OCC)cc1. The van der Waals surface area contributed by atoms with Crippen LogP contribution >= 0.6 is 0 Å². The Hall–Kier alpha value is -2.83. The van der Waals surface area contributed by atoms with Crippen molar-refractivity contribution in [2.24, 2.45) is 5.92 Å². The van der Waals surface area contributed by atoms with Gasteiger partial charge < -0.3 is 14.7 Å². The van der Waals surface area contributed by atoms with Gasteiger partial charge in [0.15, 0.2) is 0 Å². The maximum Gasteiger partial charge on any atom is 0.242 e. The molecule has 0 aliphatic carbocycles. The number of nitrogens with zero attached hydrogens (tertiary/aromatic N) is 1. The first-order valence-corrected chi connectivity index (χ1v) is 10.4. The molecule has 2 saturated heterocycles. The molecule has 4 unspecified atom stereocenters. The quantitative estimate of drug-likeness (QED) is 0.641. The lowest BCUT2D eigenvalue weighted by atomic mass is 9.81. The van der Waals surface area contributed by atoms with E-state index in [9.17, 15) is 9.90 Å². The summed E-state index contributed by atoms with van der Waals surface area (Å²) in [5.74, 6) is 1.02. The number of likely N-dealkylation sites (tertiary alicyclic amines) is 1. The first-order valence-electron chi connectivity index (χ1n) is 10.4. The van der Waals surface area contributed by atoms with Crippen molar-refractivity contribution in [1.82, 2.24) is 15.8 Å². The van der Waals surface area contributed by atoms with E-state index in [0.29, 0.717) is 13.2 Å². The Morgan fingerprint density at radius 3 is 2.50 bits per heavy atom. The zero-order chi connectivity index (χ0) is 21.4. The summed E-state index contributed by atoms with van der Waals surface area (Å²) in [7, 11) is 0. The average molecular weight is 408 g/mol. The number of ether oxygens (including phenoxy) is 1. The van der Waals surface area contributed by atoms with Crippen molar-refractivity contribution in [3.05, 3.63) is 71.3 Å². The summed E-state index contributed by atoms with van der Waals surface area (Å²) in [4.78, 5) is 15.1. The highest BCUT2D eigenvalue weighted by molar-refractivity contribution is 5.86. The van der Waals surface area contributed by atoms with Crippen LogP contribution in [-0.2, 0) is 4.79 Å². The van der Waals surface area contributed by atoms with Gasteiger partial charge in [0.2, 0.25) is 5.91 Å². The molecule has 2 aliphatic rings. The summed E-state index contributed by atoms with van der Waals surface area (Å²) in [5.41, 5.74) is 10.4. The summed E-state index contributed by atoms with van der Waals surface area (Å²) in [6, 6.07) is 11.1. The molecule has 4 atom stereocenters. The van der Waals surface area contributed by atoms with Crippen molar-refractivity contribution in [3.63, 3.8) is 0 Å². The zero-order valence-electron chi connectivity index (χ0n) is 17.7. The molecule has 6 heteroatoms. The molecule has 158 valence electrons. The maximum absolute atomic E-state index is 13.2. The van der Waals surface area contributed by atoms with E-state index in [2.05, 4.69) is 23.5 Å². The summed E-state index contributed by atoms with van der Waals surface area (Å²) < 4.78 is 5.58. The molecule has 0 bridgehead atoms. The van der Waals surface area contributed by atoms with Crippen molar-refractivity contribution in [2.45, 2.75) is 38.9 Å². The minimum atomic E-state index is -0.369. The second kappa shape index (κ2) is 8.13. The number of rotatable bonds is 6. The van der Waals surface area contributed by atoms with E-state index in [4.69, 9.17) is 4.74 Å². The highest BCUT2D eigenvalue weighted by atomic mass is 16.5. The number of amides is 1. The van der Waals surface area contributed by atoms with Crippen molar-refractivity contribution in [3.8, 4) is 11.5 Å². The molecule has 2 heterocycles. The number of phenolic OH excluding ortho intramolecular Hbond substituents is 1. The lowest BCUT2D eigenvalue weighted by Crippen LogP contribution is -2.41. The highest BCUT2D eigenvalue weighted by Gasteiger charge is 2.55. The minimum Gasteiger partial charge on any atom is -0.508 e. The Labute approximate surface area is 177 Å². The zero-order valence-corrected chi connectivity index (χ0v) is 17.7. The molecule has 3 N–H and O–H groups in total. The van der Waals surface area contributed by atoms with Crippen LogP contribution in [-0.4, -0.2) is 35.1 Å². The number of carbonyl (C=O) groups excluding carboxylic acids is 1. The molecular formula is C24H29N3O3. The number of aromatic hydroxyl groups is 1. The van der Waals surface area contributed by atoms with E-state index in [1.807, 2.05) is 49.9 Å². The minimum absolute atomic E-state index is 0.0399. The third kappa shape index (κ3) is 3.36. The Bertz CT molecular complexity index is 934. The molecule has 2 aromatic rings. The summed E-state index contributed by atoms with van der Waals surface area (Å²) in [6.45, 7) is 10.8. The molecule has 30 heavy (non-hydrogen) atoms. The van der Waals surface area contributed by atoms with Gasteiger partial charge in [-0.05, 0) is 55.7 Å². The van der Waals surface area contributed by atoms with Crippen LogP contribution in [0.2, 0.25) is 0 Å².